The lowest BCUT2D eigenvalue weighted by atomic mass is 10.1. The fraction of sp³-hybridized carbons (Fsp3) is 0.154. The summed E-state index contributed by atoms with van der Waals surface area (Å²) in [5, 5.41) is 0. The maximum atomic E-state index is 11.9. The molecule has 1 aromatic carbocycles. The fourth-order valence-electron chi connectivity index (χ4n) is 1.79. The van der Waals surface area contributed by atoms with Crippen molar-refractivity contribution in [3.63, 3.8) is 0 Å². The molecule has 5 nitrogen and oxygen atoms in total. The van der Waals surface area contributed by atoms with Gasteiger partial charge in [0.2, 0.25) is 0 Å². The van der Waals surface area contributed by atoms with Gasteiger partial charge < -0.3 is 9.47 Å². The molecule has 1 aliphatic rings. The van der Waals surface area contributed by atoms with Gasteiger partial charge in [0.25, 0.3) is 0 Å². The molecule has 98 valence electrons. The van der Waals surface area contributed by atoms with E-state index in [2.05, 4.69) is 15.9 Å². The molecule has 0 unspecified atom stereocenters. The van der Waals surface area contributed by atoms with Gasteiger partial charge in [-0.1, -0.05) is 0 Å². The minimum Gasteiger partial charge on any atom is -0.426 e. The molecule has 0 aromatic heterocycles. The predicted molar refractivity (Wildman–Crippen MR) is 70.3 cm³/mol. The predicted octanol–water partition coefficient (Wildman–Crippen LogP) is 2.47. The number of esters is 2. The normalized spacial score (nSPS) is 12.8. The van der Waals surface area contributed by atoms with Gasteiger partial charge in [-0.3, -0.25) is 14.4 Å². The van der Waals surface area contributed by atoms with Crippen molar-refractivity contribution in [2.75, 3.05) is 0 Å². The van der Waals surface area contributed by atoms with E-state index in [4.69, 9.17) is 9.47 Å². The van der Waals surface area contributed by atoms with Gasteiger partial charge >= 0.3 is 11.9 Å². The molecule has 2 rings (SSSR count). The molecule has 0 N–H and O–H groups in total. The van der Waals surface area contributed by atoms with E-state index in [0.29, 0.717) is 10.0 Å². The van der Waals surface area contributed by atoms with Gasteiger partial charge in [-0.2, -0.15) is 0 Å². The largest absolute Gasteiger partial charge is 0.426 e. The van der Waals surface area contributed by atoms with E-state index >= 15 is 0 Å². The Bertz CT molecular complexity index is 630. The van der Waals surface area contributed by atoms with Crippen molar-refractivity contribution in [1.82, 2.24) is 0 Å². The van der Waals surface area contributed by atoms with Crippen LogP contribution in [-0.4, -0.2) is 17.7 Å². The summed E-state index contributed by atoms with van der Waals surface area (Å²) in [4.78, 5) is 33.9. The van der Waals surface area contributed by atoms with Crippen LogP contribution in [0.15, 0.2) is 18.2 Å². The van der Waals surface area contributed by atoms with Crippen molar-refractivity contribution in [2.45, 2.75) is 13.8 Å². The lowest BCUT2D eigenvalue weighted by molar-refractivity contribution is -0.133. The maximum absolute atomic E-state index is 11.9. The molecule has 0 fully saturated rings. The highest BCUT2D eigenvalue weighted by Gasteiger charge is 2.29. The van der Waals surface area contributed by atoms with E-state index in [9.17, 15) is 14.4 Å². The molecule has 19 heavy (non-hydrogen) atoms. The number of rotatable bonds is 2. The molecule has 0 radical (unpaired) electrons. The summed E-state index contributed by atoms with van der Waals surface area (Å²) in [6.45, 7) is 2.51. The Morgan fingerprint density at radius 3 is 1.95 bits per heavy atom. The third kappa shape index (κ3) is 2.58. The van der Waals surface area contributed by atoms with E-state index in [1.165, 1.54) is 32.1 Å². The van der Waals surface area contributed by atoms with Crippen LogP contribution < -0.4 is 9.47 Å². The Labute approximate surface area is 117 Å². The molecule has 1 aromatic rings. The first-order valence-electron chi connectivity index (χ1n) is 5.36. The zero-order valence-electron chi connectivity index (χ0n) is 10.2. The summed E-state index contributed by atoms with van der Waals surface area (Å²) in [6, 6.07) is 2.90. The summed E-state index contributed by atoms with van der Waals surface area (Å²) < 4.78 is 10.5. The van der Waals surface area contributed by atoms with Crippen molar-refractivity contribution in [2.24, 2.45) is 0 Å². The van der Waals surface area contributed by atoms with Gasteiger partial charge in [-0.25, -0.2) is 0 Å². The molecule has 1 aliphatic carbocycles. The zero-order chi connectivity index (χ0) is 14.2. The lowest BCUT2D eigenvalue weighted by Crippen LogP contribution is -2.08. The van der Waals surface area contributed by atoms with Crippen molar-refractivity contribution in [3.8, 4) is 11.5 Å². The van der Waals surface area contributed by atoms with E-state index in [1.54, 1.807) is 0 Å². The van der Waals surface area contributed by atoms with E-state index in [-0.39, 0.29) is 22.8 Å². The first-order chi connectivity index (χ1) is 8.90. The van der Waals surface area contributed by atoms with E-state index in [1.807, 2.05) is 0 Å². The molecular weight excluding hydrogens is 316 g/mol. The first-order valence-corrected chi connectivity index (χ1v) is 6.15. The van der Waals surface area contributed by atoms with Gasteiger partial charge in [0.1, 0.15) is 11.5 Å². The van der Waals surface area contributed by atoms with Crippen LogP contribution in [0.3, 0.4) is 0 Å². The topological polar surface area (TPSA) is 69.7 Å². The number of ketones is 1. The minimum absolute atomic E-state index is 0.147. The van der Waals surface area contributed by atoms with E-state index < -0.39 is 11.9 Å². The Morgan fingerprint density at radius 2 is 1.47 bits per heavy atom. The van der Waals surface area contributed by atoms with Crippen molar-refractivity contribution in [1.29, 1.82) is 0 Å². The minimum atomic E-state index is -0.529. The number of benzene rings is 1. The van der Waals surface area contributed by atoms with Crippen LogP contribution in [0.5, 0.6) is 11.5 Å². The van der Waals surface area contributed by atoms with Gasteiger partial charge in [0.15, 0.2) is 5.78 Å². The van der Waals surface area contributed by atoms with Gasteiger partial charge in [-0.05, 0) is 28.1 Å². The number of hydrogen-bond acceptors (Lipinski definition) is 5. The standard InChI is InChI=1S/C13H9BrO5/c1-6(15)18-10-3-4-11(19-7(2)16)13-9(17)5-8(14)12(10)13/h3-5H,1-2H3. The Morgan fingerprint density at radius 1 is 1.00 bits per heavy atom. The number of fused-ring (bicyclic) bond motifs is 1. The number of carbonyl (C=O) groups is 3. The van der Waals surface area contributed by atoms with Crippen molar-refractivity contribution >= 4 is 38.1 Å². The second-order valence-electron chi connectivity index (χ2n) is 3.86. The third-order valence-electron chi connectivity index (χ3n) is 2.38. The second kappa shape index (κ2) is 4.97. The summed E-state index contributed by atoms with van der Waals surface area (Å²) in [7, 11) is 0. The quantitative estimate of drug-likeness (QED) is 0.617. The third-order valence-corrected chi connectivity index (χ3v) is 3.00. The van der Waals surface area contributed by atoms with Crippen molar-refractivity contribution in [3.05, 3.63) is 29.3 Å². The Kier molecular flexibility index (Phi) is 3.53. The number of allylic oxidation sites excluding steroid dienone is 1. The average molecular weight is 325 g/mol. The fourth-order valence-corrected chi connectivity index (χ4v) is 2.39. The molecule has 0 atom stereocenters. The van der Waals surface area contributed by atoms with Crippen LogP contribution in [-0.2, 0) is 9.59 Å². The first kappa shape index (κ1) is 13.5. The molecule has 0 heterocycles. The number of hydrogen-bond donors (Lipinski definition) is 0. The number of halogens is 1. The van der Waals surface area contributed by atoms with Crippen molar-refractivity contribution < 1.29 is 23.9 Å². The molecule has 0 saturated heterocycles. The van der Waals surface area contributed by atoms with Gasteiger partial charge in [-0.15, -0.1) is 0 Å². The molecule has 6 heteroatoms. The highest BCUT2D eigenvalue weighted by atomic mass is 79.9. The second-order valence-corrected chi connectivity index (χ2v) is 4.71. The highest BCUT2D eigenvalue weighted by Crippen LogP contribution is 2.43. The van der Waals surface area contributed by atoms with Gasteiger partial charge in [0, 0.05) is 30.0 Å². The summed E-state index contributed by atoms with van der Waals surface area (Å²) in [5.74, 6) is -0.950. The lowest BCUT2D eigenvalue weighted by Gasteiger charge is -2.11. The van der Waals surface area contributed by atoms with E-state index in [0.717, 1.165) is 0 Å². The number of carbonyl (C=O) groups excluding carboxylic acids is 3. The van der Waals surface area contributed by atoms with Crippen LogP contribution in [0.25, 0.3) is 4.48 Å². The summed E-state index contributed by atoms with van der Waals surface area (Å²) in [5.41, 5.74) is 0.625. The SMILES string of the molecule is CC(=O)Oc1ccc(OC(C)=O)c2c1C(=O)C=C2Br. The smallest absolute Gasteiger partial charge is 0.308 e. The summed E-state index contributed by atoms with van der Waals surface area (Å²) in [6.07, 6.45) is 1.34. The molecule has 0 saturated carbocycles. The van der Waals surface area contributed by atoms with Gasteiger partial charge in [0.05, 0.1) is 5.56 Å². The average Bonchev–Trinajstić information content (AvgIpc) is 2.57. The van der Waals surface area contributed by atoms with Crippen LogP contribution >= 0.6 is 15.9 Å². The maximum Gasteiger partial charge on any atom is 0.308 e. The van der Waals surface area contributed by atoms with Crippen LogP contribution in [0, 0.1) is 0 Å². The number of ether oxygens (including phenoxy) is 2. The highest BCUT2D eigenvalue weighted by molar-refractivity contribution is 9.15. The van der Waals surface area contributed by atoms with Crippen LogP contribution in [0.4, 0.5) is 0 Å². The molecular formula is C13H9BrO5. The van der Waals surface area contributed by atoms with Crippen LogP contribution in [0.1, 0.15) is 29.8 Å². The zero-order valence-corrected chi connectivity index (χ0v) is 11.7. The molecule has 0 amide bonds. The Balaban J connectivity index is 2.59. The van der Waals surface area contributed by atoms with Crippen LogP contribution in [0.2, 0.25) is 0 Å². The molecule has 0 aliphatic heterocycles. The summed E-state index contributed by atoms with van der Waals surface area (Å²) >= 11 is 3.23. The molecule has 0 bridgehead atoms. The monoisotopic (exact) mass is 324 g/mol. The Hall–Kier alpha value is -1.95. The molecule has 0 spiro atoms.